The van der Waals surface area contributed by atoms with Crippen molar-refractivity contribution in [2.45, 2.75) is 32.9 Å². The molecule has 0 aliphatic rings. The minimum absolute atomic E-state index is 0.0909. The van der Waals surface area contributed by atoms with Crippen molar-refractivity contribution in [3.63, 3.8) is 0 Å². The number of benzene rings is 1. The van der Waals surface area contributed by atoms with Gasteiger partial charge in [0.25, 0.3) is 0 Å². The van der Waals surface area contributed by atoms with Crippen LogP contribution < -0.4 is 10.1 Å². The average Bonchev–Trinajstić information content (AvgIpc) is 2.27. The van der Waals surface area contributed by atoms with E-state index in [4.69, 9.17) is 10.3 Å². The molecule has 1 amide bonds. The lowest BCUT2D eigenvalue weighted by Crippen LogP contribution is -2.42. The summed E-state index contributed by atoms with van der Waals surface area (Å²) in [4.78, 5) is 14.2. The van der Waals surface area contributed by atoms with Crippen molar-refractivity contribution in [2.75, 3.05) is 0 Å². The summed E-state index contributed by atoms with van der Waals surface area (Å²) in [7, 11) is 0. The number of nitrogens with one attached hydrogen (secondary N) is 1. The van der Waals surface area contributed by atoms with E-state index in [0.29, 0.717) is 5.56 Å². The fourth-order valence-electron chi connectivity index (χ4n) is 1.31. The maximum absolute atomic E-state index is 13.1. The highest BCUT2D eigenvalue weighted by atomic mass is 19.1. The van der Waals surface area contributed by atoms with E-state index in [1.165, 1.54) is 12.1 Å². The number of carbonyl (C=O) groups excluding carboxylic acids is 1. The standard InChI is InChI=1S/C12H15FN4O2/c1-12(2,3)16-11(18)19-10-5-4-9(13)6-8(10)7-15-17-14/h4-6H,7H2,1-3H3,(H,16,18). The highest BCUT2D eigenvalue weighted by Gasteiger charge is 2.16. The molecule has 0 bridgehead atoms. The first kappa shape index (κ1) is 14.8. The molecule has 0 aliphatic heterocycles. The molecule has 1 N–H and O–H groups in total. The summed E-state index contributed by atoms with van der Waals surface area (Å²) in [5, 5.41) is 5.94. The van der Waals surface area contributed by atoms with Gasteiger partial charge in [0.2, 0.25) is 0 Å². The lowest BCUT2D eigenvalue weighted by Gasteiger charge is -2.20. The Kier molecular flexibility index (Phi) is 4.72. The van der Waals surface area contributed by atoms with Crippen molar-refractivity contribution in [1.82, 2.24) is 5.32 Å². The fourth-order valence-corrected chi connectivity index (χ4v) is 1.31. The minimum Gasteiger partial charge on any atom is -0.410 e. The van der Waals surface area contributed by atoms with Gasteiger partial charge in [-0.25, -0.2) is 9.18 Å². The number of hydrogen-bond acceptors (Lipinski definition) is 3. The molecule has 0 atom stereocenters. The van der Waals surface area contributed by atoms with Gasteiger partial charge in [-0.2, -0.15) is 0 Å². The second-order valence-electron chi connectivity index (χ2n) is 4.91. The second-order valence-corrected chi connectivity index (χ2v) is 4.91. The SMILES string of the molecule is CC(C)(C)NC(=O)Oc1ccc(F)cc1CN=[N+]=[N-]. The molecular weight excluding hydrogens is 251 g/mol. The summed E-state index contributed by atoms with van der Waals surface area (Å²) in [5.74, 6) is -0.331. The summed E-state index contributed by atoms with van der Waals surface area (Å²) in [6, 6.07) is 3.65. The van der Waals surface area contributed by atoms with E-state index in [2.05, 4.69) is 15.3 Å². The van der Waals surface area contributed by atoms with E-state index in [9.17, 15) is 9.18 Å². The van der Waals surface area contributed by atoms with Crippen molar-refractivity contribution in [1.29, 1.82) is 0 Å². The van der Waals surface area contributed by atoms with Crippen LogP contribution in [0, 0.1) is 5.82 Å². The Morgan fingerprint density at radius 3 is 2.79 bits per heavy atom. The van der Waals surface area contributed by atoms with Crippen molar-refractivity contribution in [2.24, 2.45) is 5.11 Å². The molecule has 0 radical (unpaired) electrons. The van der Waals surface area contributed by atoms with Gasteiger partial charge in [-0.15, -0.1) is 0 Å². The summed E-state index contributed by atoms with van der Waals surface area (Å²) < 4.78 is 18.2. The zero-order valence-corrected chi connectivity index (χ0v) is 11.0. The highest BCUT2D eigenvalue weighted by Crippen LogP contribution is 2.21. The van der Waals surface area contributed by atoms with Crippen LogP contribution in [0.3, 0.4) is 0 Å². The first-order valence-electron chi connectivity index (χ1n) is 5.61. The third-order valence-electron chi connectivity index (χ3n) is 2.01. The molecule has 0 unspecified atom stereocenters. The van der Waals surface area contributed by atoms with E-state index >= 15 is 0 Å². The molecule has 0 spiro atoms. The van der Waals surface area contributed by atoms with Crippen molar-refractivity contribution >= 4 is 6.09 Å². The van der Waals surface area contributed by atoms with Gasteiger partial charge in [0, 0.05) is 16.0 Å². The Labute approximate surface area is 110 Å². The molecule has 6 nitrogen and oxygen atoms in total. The monoisotopic (exact) mass is 266 g/mol. The molecular formula is C12H15FN4O2. The molecule has 19 heavy (non-hydrogen) atoms. The van der Waals surface area contributed by atoms with Crippen LogP contribution in [0.2, 0.25) is 0 Å². The summed E-state index contributed by atoms with van der Waals surface area (Å²) in [5.41, 5.74) is 8.13. The van der Waals surface area contributed by atoms with Crippen LogP contribution in [0.25, 0.3) is 10.4 Å². The molecule has 0 aromatic heterocycles. The number of rotatable bonds is 3. The van der Waals surface area contributed by atoms with Gasteiger partial charge >= 0.3 is 6.09 Å². The zero-order valence-electron chi connectivity index (χ0n) is 11.0. The first-order valence-corrected chi connectivity index (χ1v) is 5.61. The normalized spacial score (nSPS) is 10.5. The lowest BCUT2D eigenvalue weighted by molar-refractivity contribution is 0.190. The van der Waals surface area contributed by atoms with Crippen LogP contribution in [0.4, 0.5) is 9.18 Å². The van der Waals surface area contributed by atoms with Crippen molar-refractivity contribution in [3.05, 3.63) is 40.0 Å². The maximum Gasteiger partial charge on any atom is 0.413 e. The Balaban J connectivity index is 2.87. The van der Waals surface area contributed by atoms with Crippen LogP contribution in [0.1, 0.15) is 26.3 Å². The van der Waals surface area contributed by atoms with E-state index in [1.807, 2.05) is 0 Å². The smallest absolute Gasteiger partial charge is 0.410 e. The number of halogens is 1. The fraction of sp³-hybridized carbons (Fsp3) is 0.417. The predicted molar refractivity (Wildman–Crippen MR) is 68.2 cm³/mol. The molecule has 7 heteroatoms. The van der Waals surface area contributed by atoms with E-state index in [0.717, 1.165) is 6.07 Å². The van der Waals surface area contributed by atoms with Crippen LogP contribution in [0.5, 0.6) is 5.75 Å². The summed E-state index contributed by atoms with van der Waals surface area (Å²) in [6.07, 6.45) is -0.652. The van der Waals surface area contributed by atoms with Gasteiger partial charge in [-0.3, -0.25) is 0 Å². The maximum atomic E-state index is 13.1. The van der Waals surface area contributed by atoms with Gasteiger partial charge < -0.3 is 10.1 Å². The third kappa shape index (κ3) is 5.27. The highest BCUT2D eigenvalue weighted by molar-refractivity contribution is 5.71. The molecule has 0 saturated heterocycles. The van der Waals surface area contributed by atoms with Crippen molar-refractivity contribution in [3.8, 4) is 5.75 Å². The molecule has 1 rings (SSSR count). The lowest BCUT2D eigenvalue weighted by atomic mass is 10.1. The molecule has 102 valence electrons. The predicted octanol–water partition coefficient (Wildman–Crippen LogP) is 3.52. The Morgan fingerprint density at radius 2 is 2.21 bits per heavy atom. The zero-order chi connectivity index (χ0) is 14.5. The largest absolute Gasteiger partial charge is 0.413 e. The molecule has 1 aromatic rings. The molecule has 0 aliphatic carbocycles. The number of azide groups is 1. The minimum atomic E-state index is -0.652. The van der Waals surface area contributed by atoms with Crippen molar-refractivity contribution < 1.29 is 13.9 Å². The number of ether oxygens (including phenoxy) is 1. The van der Waals surface area contributed by atoms with Crippen LogP contribution in [-0.2, 0) is 6.54 Å². The van der Waals surface area contributed by atoms with Gasteiger partial charge in [0.15, 0.2) is 0 Å². The van der Waals surface area contributed by atoms with E-state index in [1.54, 1.807) is 20.8 Å². The summed E-state index contributed by atoms with van der Waals surface area (Å²) in [6.45, 7) is 5.33. The number of hydrogen-bond donors (Lipinski definition) is 1. The Hall–Kier alpha value is -2.27. The number of amides is 1. The first-order chi connectivity index (χ1) is 8.81. The third-order valence-corrected chi connectivity index (χ3v) is 2.01. The average molecular weight is 266 g/mol. The van der Waals surface area contributed by atoms with Crippen LogP contribution >= 0.6 is 0 Å². The van der Waals surface area contributed by atoms with Crippen LogP contribution in [-0.4, -0.2) is 11.6 Å². The van der Waals surface area contributed by atoms with E-state index in [-0.39, 0.29) is 12.3 Å². The molecule has 0 fully saturated rings. The van der Waals surface area contributed by atoms with E-state index < -0.39 is 17.4 Å². The Bertz CT molecular complexity index is 519. The quantitative estimate of drug-likeness (QED) is 0.515. The second kappa shape index (κ2) is 6.06. The topological polar surface area (TPSA) is 87.1 Å². The van der Waals surface area contributed by atoms with Gasteiger partial charge in [-0.05, 0) is 44.5 Å². The van der Waals surface area contributed by atoms with Gasteiger partial charge in [-0.1, -0.05) is 5.11 Å². The number of carbonyl (C=O) groups is 1. The summed E-state index contributed by atoms with van der Waals surface area (Å²) >= 11 is 0. The molecule has 1 aromatic carbocycles. The van der Waals surface area contributed by atoms with Gasteiger partial charge in [0.05, 0.1) is 6.54 Å². The van der Waals surface area contributed by atoms with Crippen LogP contribution in [0.15, 0.2) is 23.3 Å². The Morgan fingerprint density at radius 1 is 1.53 bits per heavy atom. The molecule has 0 heterocycles. The molecule has 0 saturated carbocycles. The number of nitrogens with zero attached hydrogens (tertiary/aromatic N) is 3. The van der Waals surface area contributed by atoms with Gasteiger partial charge in [0.1, 0.15) is 11.6 Å².